The van der Waals surface area contributed by atoms with Gasteiger partial charge in [0.1, 0.15) is 17.7 Å². The Morgan fingerprint density at radius 3 is 2.38 bits per heavy atom. The summed E-state index contributed by atoms with van der Waals surface area (Å²) in [5, 5.41) is 19.1. The number of aryl methyl sites for hydroxylation is 1. The largest absolute Gasteiger partial charge is 0.371 e. The highest BCUT2D eigenvalue weighted by Gasteiger charge is 2.38. The van der Waals surface area contributed by atoms with Gasteiger partial charge in [-0.1, -0.05) is 36.4 Å². The van der Waals surface area contributed by atoms with Crippen molar-refractivity contribution in [1.82, 2.24) is 0 Å². The van der Waals surface area contributed by atoms with Gasteiger partial charge in [-0.3, -0.25) is 0 Å². The van der Waals surface area contributed by atoms with E-state index in [0.717, 1.165) is 36.3 Å². The molecule has 0 saturated carbocycles. The van der Waals surface area contributed by atoms with E-state index in [2.05, 4.69) is 11.8 Å². The molecular formula is C29H24FN3O2S2. The van der Waals surface area contributed by atoms with E-state index in [1.807, 2.05) is 49.4 Å². The quantitative estimate of drug-likeness (QED) is 0.318. The smallest absolute Gasteiger partial charge is 0.207 e. The summed E-state index contributed by atoms with van der Waals surface area (Å²) in [5.74, 6) is 0. The van der Waals surface area contributed by atoms with Gasteiger partial charge in [-0.2, -0.15) is 14.4 Å². The van der Waals surface area contributed by atoms with Gasteiger partial charge in [0.05, 0.1) is 21.9 Å². The minimum absolute atomic E-state index is 0.0371. The number of fused-ring (bicyclic) bond motifs is 1. The zero-order chi connectivity index (χ0) is 26.6. The van der Waals surface area contributed by atoms with Crippen LogP contribution in [0.4, 0.5) is 9.57 Å². The fourth-order valence-corrected chi connectivity index (χ4v) is 6.39. The molecule has 1 aliphatic heterocycles. The van der Waals surface area contributed by atoms with Crippen LogP contribution in [0.25, 0.3) is 11.6 Å². The molecule has 5 nitrogen and oxygen atoms in total. The second kappa shape index (κ2) is 11.0. The lowest BCUT2D eigenvalue weighted by atomic mass is 9.98. The highest BCUT2D eigenvalue weighted by molar-refractivity contribution is 7.96. The van der Waals surface area contributed by atoms with Crippen molar-refractivity contribution in [3.05, 3.63) is 99.5 Å². The highest BCUT2D eigenvalue weighted by Crippen LogP contribution is 2.45. The second-order valence-corrected chi connectivity index (χ2v) is 11.1. The van der Waals surface area contributed by atoms with Gasteiger partial charge >= 0.3 is 0 Å². The predicted octanol–water partition coefficient (Wildman–Crippen LogP) is 6.67. The van der Waals surface area contributed by atoms with E-state index < -0.39 is 9.84 Å². The maximum absolute atomic E-state index is 13.4. The molecule has 0 aliphatic carbocycles. The summed E-state index contributed by atoms with van der Waals surface area (Å²) in [5.41, 5.74) is 3.97. The van der Waals surface area contributed by atoms with Gasteiger partial charge < -0.3 is 4.90 Å². The van der Waals surface area contributed by atoms with E-state index in [-0.39, 0.29) is 33.1 Å². The second-order valence-electron chi connectivity index (χ2n) is 8.57. The number of rotatable bonds is 7. The molecule has 8 heteroatoms. The van der Waals surface area contributed by atoms with Crippen molar-refractivity contribution in [1.29, 1.82) is 10.5 Å². The van der Waals surface area contributed by atoms with E-state index >= 15 is 0 Å². The van der Waals surface area contributed by atoms with Crippen LogP contribution in [-0.4, -0.2) is 21.5 Å². The van der Waals surface area contributed by atoms with Crippen molar-refractivity contribution in [3.63, 3.8) is 0 Å². The first-order valence-electron chi connectivity index (χ1n) is 11.7. The molecule has 0 spiro atoms. The summed E-state index contributed by atoms with van der Waals surface area (Å²) in [6.45, 7) is 5.52. The van der Waals surface area contributed by atoms with E-state index in [9.17, 15) is 22.8 Å². The standard InChI is InChI=1S/C29H24FN3O2S2/c1-3-33(15-14-21-8-12-25(36-30)13-9-21)24-11-10-22(20(2)16-24)17-28-29(23(18-31)19-32)26-6-4-5-7-27(26)37(28,34)35/h4-13,16-17H,3,14-15H2,1-2H3/b28-17-. The van der Waals surface area contributed by atoms with Crippen molar-refractivity contribution in [2.75, 3.05) is 18.0 Å². The zero-order valence-corrected chi connectivity index (χ0v) is 22.0. The number of benzene rings is 3. The first-order chi connectivity index (χ1) is 17.8. The molecule has 0 radical (unpaired) electrons. The summed E-state index contributed by atoms with van der Waals surface area (Å²) in [6.07, 6.45) is 2.35. The average molecular weight is 530 g/mol. The molecule has 37 heavy (non-hydrogen) atoms. The lowest BCUT2D eigenvalue weighted by molar-refractivity contribution is 0.604. The van der Waals surface area contributed by atoms with Crippen molar-refractivity contribution in [3.8, 4) is 12.1 Å². The number of sulfone groups is 1. The minimum atomic E-state index is -3.89. The summed E-state index contributed by atoms with van der Waals surface area (Å²) < 4.78 is 39.4. The Balaban J connectivity index is 1.67. The van der Waals surface area contributed by atoms with Gasteiger partial charge in [-0.15, -0.1) is 0 Å². The number of nitrogens with zero attached hydrogens (tertiary/aromatic N) is 3. The first kappa shape index (κ1) is 26.2. The third-order valence-corrected chi connectivity index (χ3v) is 8.71. The average Bonchev–Trinajstić information content (AvgIpc) is 3.13. The summed E-state index contributed by atoms with van der Waals surface area (Å²) >= 11 is 0.231. The van der Waals surface area contributed by atoms with Crippen molar-refractivity contribution >= 4 is 39.3 Å². The lowest BCUT2D eigenvalue weighted by Crippen LogP contribution is -2.25. The number of halogens is 1. The number of anilines is 1. The van der Waals surface area contributed by atoms with Crippen LogP contribution in [0, 0.1) is 29.6 Å². The summed E-state index contributed by atoms with van der Waals surface area (Å²) in [7, 11) is -3.89. The normalized spacial score (nSPS) is 14.6. The van der Waals surface area contributed by atoms with E-state index in [4.69, 9.17) is 0 Å². The maximum Gasteiger partial charge on any atom is 0.207 e. The maximum atomic E-state index is 13.4. The molecule has 0 saturated heterocycles. The Bertz CT molecular complexity index is 1580. The Labute approximate surface area is 221 Å². The van der Waals surface area contributed by atoms with Gasteiger partial charge in [-0.25, -0.2) is 8.42 Å². The van der Waals surface area contributed by atoms with Gasteiger partial charge in [-0.05, 0) is 73.4 Å². The first-order valence-corrected chi connectivity index (χ1v) is 13.9. The van der Waals surface area contributed by atoms with Crippen LogP contribution < -0.4 is 4.90 Å². The molecule has 0 amide bonds. The molecule has 3 aromatic rings. The van der Waals surface area contributed by atoms with Crippen LogP contribution in [0.5, 0.6) is 0 Å². The van der Waals surface area contributed by atoms with Gasteiger partial charge in [0, 0.05) is 34.8 Å². The molecule has 1 aliphatic rings. The Morgan fingerprint density at radius 2 is 1.76 bits per heavy atom. The molecule has 0 fully saturated rings. The molecule has 0 atom stereocenters. The van der Waals surface area contributed by atoms with E-state index in [0.29, 0.717) is 16.0 Å². The number of allylic oxidation sites excluding steroid dienone is 2. The topological polar surface area (TPSA) is 85.0 Å². The van der Waals surface area contributed by atoms with Crippen LogP contribution in [-0.2, 0) is 16.3 Å². The highest BCUT2D eigenvalue weighted by atomic mass is 32.2. The Kier molecular flexibility index (Phi) is 7.83. The lowest BCUT2D eigenvalue weighted by Gasteiger charge is -2.24. The van der Waals surface area contributed by atoms with E-state index in [1.54, 1.807) is 36.4 Å². The van der Waals surface area contributed by atoms with Gasteiger partial charge in [0.2, 0.25) is 9.84 Å². The molecule has 0 aromatic heterocycles. The van der Waals surface area contributed by atoms with Crippen LogP contribution in [0.3, 0.4) is 0 Å². The SMILES string of the molecule is CCN(CCc1ccc(SF)cc1)c1ccc(/C=C2/C(=C(C#N)C#N)c3ccccc3S2(=O)=O)c(C)c1. The van der Waals surface area contributed by atoms with Crippen LogP contribution in [0.1, 0.15) is 29.2 Å². The number of nitriles is 2. The van der Waals surface area contributed by atoms with Crippen LogP contribution in [0.15, 0.2) is 87.0 Å². The molecule has 1 heterocycles. The summed E-state index contributed by atoms with van der Waals surface area (Å²) in [4.78, 5) is 2.87. The molecular weight excluding hydrogens is 505 g/mol. The Hall–Kier alpha value is -3.85. The summed E-state index contributed by atoms with van der Waals surface area (Å²) in [6, 6.07) is 23.4. The van der Waals surface area contributed by atoms with Gasteiger partial charge in [0.25, 0.3) is 0 Å². The number of likely N-dealkylation sites (N-methyl/N-ethyl adjacent to an activating group) is 1. The minimum Gasteiger partial charge on any atom is -0.371 e. The van der Waals surface area contributed by atoms with Crippen LogP contribution >= 0.6 is 12.1 Å². The fourth-order valence-electron chi connectivity index (χ4n) is 4.44. The third-order valence-electron chi connectivity index (χ3n) is 6.43. The zero-order valence-electron chi connectivity index (χ0n) is 20.4. The molecule has 3 aromatic carbocycles. The molecule has 0 bridgehead atoms. The molecule has 186 valence electrons. The molecule has 4 rings (SSSR count). The van der Waals surface area contributed by atoms with Crippen molar-refractivity contribution < 1.29 is 12.3 Å². The number of hydrogen-bond acceptors (Lipinski definition) is 6. The monoisotopic (exact) mass is 529 g/mol. The van der Waals surface area contributed by atoms with Gasteiger partial charge in [0.15, 0.2) is 0 Å². The van der Waals surface area contributed by atoms with Crippen LogP contribution in [0.2, 0.25) is 0 Å². The van der Waals surface area contributed by atoms with E-state index in [1.165, 1.54) is 6.07 Å². The predicted molar refractivity (Wildman–Crippen MR) is 146 cm³/mol. The van der Waals surface area contributed by atoms with Crippen molar-refractivity contribution in [2.45, 2.75) is 30.1 Å². The molecule has 0 unspecified atom stereocenters. The third kappa shape index (κ3) is 5.17. The van der Waals surface area contributed by atoms with Crippen molar-refractivity contribution in [2.24, 2.45) is 0 Å². The Morgan fingerprint density at radius 1 is 1.05 bits per heavy atom. The molecule has 0 N–H and O–H groups in total. The fraction of sp³-hybridized carbons (Fsp3) is 0.172. The number of hydrogen-bond donors (Lipinski definition) is 0.